The highest BCUT2D eigenvalue weighted by Gasteiger charge is 2.14. The van der Waals surface area contributed by atoms with Gasteiger partial charge in [-0.2, -0.15) is 0 Å². The Morgan fingerprint density at radius 3 is 2.81 bits per heavy atom. The van der Waals surface area contributed by atoms with Gasteiger partial charge in [0.05, 0.1) is 5.52 Å². The van der Waals surface area contributed by atoms with Crippen LogP contribution < -0.4 is 5.76 Å². The molecule has 0 fully saturated rings. The molecule has 0 saturated carbocycles. The molecule has 1 N–H and O–H groups in total. The molecule has 0 amide bonds. The number of H-pyrrole nitrogens is 1. The molecule has 0 aliphatic rings. The molecule has 2 atom stereocenters. The number of aromatic amines is 1. The molecule has 4 heteroatoms. The number of carbonyl (C=O) groups excluding carboxylic acids is 1. The van der Waals surface area contributed by atoms with Crippen LogP contribution in [0.5, 0.6) is 0 Å². The fraction of sp³-hybridized carbons (Fsp3) is 0.455. The molecular formula is C22H29NO3. The first-order chi connectivity index (χ1) is 12.4. The Kier molecular flexibility index (Phi) is 7.19. The van der Waals surface area contributed by atoms with Crippen LogP contribution in [0.25, 0.3) is 16.7 Å². The molecule has 4 nitrogen and oxygen atoms in total. The minimum atomic E-state index is -0.445. The molecule has 2 rings (SSSR count). The molecule has 0 bridgehead atoms. The molecule has 2 aromatic rings. The predicted molar refractivity (Wildman–Crippen MR) is 107 cm³/mol. The van der Waals surface area contributed by atoms with E-state index in [0.717, 1.165) is 36.8 Å². The highest BCUT2D eigenvalue weighted by molar-refractivity contribution is 5.81. The van der Waals surface area contributed by atoms with E-state index in [1.165, 1.54) is 0 Å². The summed E-state index contributed by atoms with van der Waals surface area (Å²) in [6.07, 6.45) is 9.26. The number of hydrogen-bond acceptors (Lipinski definition) is 3. The van der Waals surface area contributed by atoms with Crippen molar-refractivity contribution in [2.24, 2.45) is 11.8 Å². The number of ketones is 1. The molecule has 0 radical (unpaired) electrons. The molecule has 0 aliphatic carbocycles. The maximum atomic E-state index is 11.3. The molecule has 0 saturated heterocycles. The number of benzene rings is 1. The van der Waals surface area contributed by atoms with Gasteiger partial charge in [0, 0.05) is 6.42 Å². The van der Waals surface area contributed by atoms with Crippen molar-refractivity contribution >= 4 is 22.5 Å². The second-order valence-corrected chi connectivity index (χ2v) is 7.11. The maximum Gasteiger partial charge on any atom is 0.417 e. The van der Waals surface area contributed by atoms with Crippen LogP contribution in [0.15, 0.2) is 46.1 Å². The third kappa shape index (κ3) is 5.58. The third-order valence-corrected chi connectivity index (χ3v) is 4.90. The van der Waals surface area contributed by atoms with E-state index in [1.54, 1.807) is 6.92 Å². The normalized spacial score (nSPS) is 14.0. The van der Waals surface area contributed by atoms with Crippen molar-refractivity contribution in [3.63, 3.8) is 0 Å². The van der Waals surface area contributed by atoms with Gasteiger partial charge in [0.15, 0.2) is 5.58 Å². The van der Waals surface area contributed by atoms with Crippen molar-refractivity contribution in [1.29, 1.82) is 0 Å². The van der Waals surface area contributed by atoms with Crippen LogP contribution >= 0.6 is 0 Å². The summed E-state index contributed by atoms with van der Waals surface area (Å²) in [5.74, 6) is 0.824. The maximum absolute atomic E-state index is 11.3. The van der Waals surface area contributed by atoms with Crippen LogP contribution in [0, 0.1) is 11.8 Å². The second-order valence-electron chi connectivity index (χ2n) is 7.11. The van der Waals surface area contributed by atoms with Gasteiger partial charge in [-0.15, -0.1) is 0 Å². The Labute approximate surface area is 155 Å². The molecule has 1 heterocycles. The van der Waals surface area contributed by atoms with Crippen LogP contribution in [-0.4, -0.2) is 10.8 Å². The van der Waals surface area contributed by atoms with Crippen molar-refractivity contribution in [3.8, 4) is 0 Å². The minimum Gasteiger partial charge on any atom is -0.408 e. The average Bonchev–Trinajstić information content (AvgIpc) is 2.97. The van der Waals surface area contributed by atoms with Gasteiger partial charge in [-0.3, -0.25) is 4.98 Å². The smallest absolute Gasteiger partial charge is 0.408 e. The third-order valence-electron chi connectivity index (χ3n) is 4.90. The van der Waals surface area contributed by atoms with E-state index in [9.17, 15) is 9.59 Å². The lowest BCUT2D eigenvalue weighted by Gasteiger charge is -2.21. The van der Waals surface area contributed by atoms with E-state index in [0.29, 0.717) is 29.4 Å². The Hall–Kier alpha value is -2.36. The second kappa shape index (κ2) is 9.37. The molecule has 1 aromatic carbocycles. The largest absolute Gasteiger partial charge is 0.417 e. The van der Waals surface area contributed by atoms with Gasteiger partial charge in [0.2, 0.25) is 0 Å². The zero-order valence-electron chi connectivity index (χ0n) is 16.0. The van der Waals surface area contributed by atoms with E-state index < -0.39 is 5.76 Å². The summed E-state index contributed by atoms with van der Waals surface area (Å²) in [6, 6.07) is 5.60. The first-order valence-corrected chi connectivity index (χ1v) is 9.40. The number of fused-ring (bicyclic) bond motifs is 1. The van der Waals surface area contributed by atoms with Gasteiger partial charge in [0.25, 0.3) is 0 Å². The highest BCUT2D eigenvalue weighted by Crippen LogP contribution is 2.26. The molecule has 1 aromatic heterocycles. The lowest BCUT2D eigenvalue weighted by Crippen LogP contribution is -2.10. The Balaban J connectivity index is 2.02. The summed E-state index contributed by atoms with van der Waals surface area (Å²) in [5, 5.41) is 0. The molecule has 0 aliphatic heterocycles. The zero-order valence-corrected chi connectivity index (χ0v) is 16.0. The summed E-state index contributed by atoms with van der Waals surface area (Å²) in [7, 11) is 0. The number of allylic oxidation sites excluding steroid dienone is 3. The molecule has 0 spiro atoms. The Morgan fingerprint density at radius 2 is 2.12 bits per heavy atom. The van der Waals surface area contributed by atoms with Crippen LogP contribution in [-0.2, 0) is 4.79 Å². The number of hydrogen-bond donors (Lipinski definition) is 1. The summed E-state index contributed by atoms with van der Waals surface area (Å²) in [4.78, 5) is 25.1. The molecule has 26 heavy (non-hydrogen) atoms. The van der Waals surface area contributed by atoms with Crippen LogP contribution in [0.4, 0.5) is 0 Å². The van der Waals surface area contributed by atoms with E-state index in [1.807, 2.05) is 24.3 Å². The average molecular weight is 355 g/mol. The molecule has 2 unspecified atom stereocenters. The van der Waals surface area contributed by atoms with Crippen molar-refractivity contribution in [2.45, 2.75) is 52.9 Å². The van der Waals surface area contributed by atoms with Gasteiger partial charge in [-0.05, 0) is 54.9 Å². The molecule has 140 valence electrons. The quantitative estimate of drug-likeness (QED) is 0.572. The lowest BCUT2D eigenvalue weighted by molar-refractivity contribution is -0.117. The van der Waals surface area contributed by atoms with E-state index in [4.69, 9.17) is 4.42 Å². The number of aromatic nitrogens is 1. The fourth-order valence-corrected chi connectivity index (χ4v) is 3.32. The monoisotopic (exact) mass is 355 g/mol. The van der Waals surface area contributed by atoms with Crippen LogP contribution in [0.2, 0.25) is 0 Å². The number of rotatable bonds is 10. The van der Waals surface area contributed by atoms with Crippen molar-refractivity contribution in [2.75, 3.05) is 0 Å². The zero-order chi connectivity index (χ0) is 19.1. The summed E-state index contributed by atoms with van der Waals surface area (Å²) >= 11 is 0. The van der Waals surface area contributed by atoms with Gasteiger partial charge >= 0.3 is 5.76 Å². The SMILES string of the molecule is C=C(/C=C\C(C)C(CCC)CCCC(C)=O)c1ccc2[nH]c(=O)oc2c1. The van der Waals surface area contributed by atoms with Gasteiger partial charge < -0.3 is 9.21 Å². The number of carbonyl (C=O) groups is 1. The number of nitrogens with one attached hydrogen (secondary N) is 1. The number of Topliss-reactive ketones (excluding diaryl/α,β-unsaturated/α-hetero) is 1. The number of oxazole rings is 1. The summed E-state index contributed by atoms with van der Waals surface area (Å²) < 4.78 is 5.11. The molecular weight excluding hydrogens is 326 g/mol. The Morgan fingerprint density at radius 1 is 1.35 bits per heavy atom. The topological polar surface area (TPSA) is 63.1 Å². The van der Waals surface area contributed by atoms with Crippen LogP contribution in [0.3, 0.4) is 0 Å². The van der Waals surface area contributed by atoms with E-state index in [2.05, 4.69) is 31.5 Å². The van der Waals surface area contributed by atoms with E-state index in [-0.39, 0.29) is 5.78 Å². The first kappa shape index (κ1) is 20.0. The van der Waals surface area contributed by atoms with Gasteiger partial charge in [0.1, 0.15) is 5.78 Å². The summed E-state index contributed by atoms with van der Waals surface area (Å²) in [5.41, 5.74) is 3.06. The lowest BCUT2D eigenvalue weighted by atomic mass is 9.85. The predicted octanol–water partition coefficient (Wildman–Crippen LogP) is 5.50. The highest BCUT2D eigenvalue weighted by atomic mass is 16.4. The standard InChI is InChI=1S/C22H29NO3/c1-5-7-18(9-6-8-17(4)24)15(2)10-11-16(3)19-12-13-20-21(14-19)26-22(25)23-20/h10-15,18H,3,5-9H2,1-2,4H3,(H,23,25)/b11-10-. The van der Waals surface area contributed by atoms with Crippen molar-refractivity contribution in [3.05, 3.63) is 53.0 Å². The first-order valence-electron chi connectivity index (χ1n) is 9.40. The summed E-state index contributed by atoms with van der Waals surface area (Å²) in [6.45, 7) is 10.2. The van der Waals surface area contributed by atoms with Crippen molar-refractivity contribution in [1.82, 2.24) is 4.98 Å². The fourth-order valence-electron chi connectivity index (χ4n) is 3.32. The van der Waals surface area contributed by atoms with Gasteiger partial charge in [-0.1, -0.05) is 51.5 Å². The van der Waals surface area contributed by atoms with Crippen molar-refractivity contribution < 1.29 is 9.21 Å². The van der Waals surface area contributed by atoms with Gasteiger partial charge in [-0.25, -0.2) is 4.79 Å². The van der Waals surface area contributed by atoms with Crippen LogP contribution in [0.1, 0.15) is 58.4 Å². The Bertz CT molecular complexity index is 840. The minimum absolute atomic E-state index is 0.267. The van der Waals surface area contributed by atoms with E-state index >= 15 is 0 Å².